The maximum absolute atomic E-state index is 12.3. The van der Waals surface area contributed by atoms with Crippen LogP contribution in [0.3, 0.4) is 0 Å². The molecule has 15 heavy (non-hydrogen) atoms. The van der Waals surface area contributed by atoms with Crippen molar-refractivity contribution < 1.29 is 21.6 Å². The van der Waals surface area contributed by atoms with Gasteiger partial charge in [-0.2, -0.15) is 17.5 Å². The van der Waals surface area contributed by atoms with Gasteiger partial charge in [0.2, 0.25) is 10.0 Å². The zero-order valence-electron chi connectivity index (χ0n) is 8.21. The number of hydrogen-bond donors (Lipinski definition) is 1. The third-order valence-electron chi connectivity index (χ3n) is 2.29. The monoisotopic (exact) mass is 246 g/mol. The van der Waals surface area contributed by atoms with Crippen molar-refractivity contribution in [1.29, 1.82) is 0 Å². The Morgan fingerprint density at radius 1 is 1.47 bits per heavy atom. The summed E-state index contributed by atoms with van der Waals surface area (Å²) >= 11 is 0. The number of sulfonamides is 1. The number of alkyl halides is 3. The molecule has 0 saturated carbocycles. The van der Waals surface area contributed by atoms with E-state index in [1.54, 1.807) is 0 Å². The van der Waals surface area contributed by atoms with Crippen LogP contribution < -0.4 is 5.32 Å². The number of rotatable bonds is 2. The molecule has 1 fully saturated rings. The van der Waals surface area contributed by atoms with Crippen LogP contribution in [0.1, 0.15) is 6.92 Å². The van der Waals surface area contributed by atoms with Crippen LogP contribution >= 0.6 is 0 Å². The van der Waals surface area contributed by atoms with Crippen LogP contribution in [0.2, 0.25) is 0 Å². The van der Waals surface area contributed by atoms with Gasteiger partial charge in [0.05, 0.1) is 5.75 Å². The average molecular weight is 246 g/mol. The van der Waals surface area contributed by atoms with Crippen molar-refractivity contribution >= 4 is 10.0 Å². The molecule has 8 heteroatoms. The van der Waals surface area contributed by atoms with E-state index in [2.05, 4.69) is 5.32 Å². The second-order valence-electron chi connectivity index (χ2n) is 3.31. The Balaban J connectivity index is 2.73. The van der Waals surface area contributed by atoms with Gasteiger partial charge in [-0.1, -0.05) is 0 Å². The SMILES string of the molecule is CCS(=O)(=O)N1CCN[C@@H](C(F)(F)F)C1. The van der Waals surface area contributed by atoms with Crippen molar-refractivity contribution in [2.75, 3.05) is 25.4 Å². The minimum Gasteiger partial charge on any atom is -0.304 e. The van der Waals surface area contributed by atoms with Crippen LogP contribution in [0.4, 0.5) is 13.2 Å². The van der Waals surface area contributed by atoms with Crippen LogP contribution in [-0.2, 0) is 10.0 Å². The van der Waals surface area contributed by atoms with Crippen LogP contribution in [0, 0.1) is 0 Å². The zero-order valence-corrected chi connectivity index (χ0v) is 9.03. The molecule has 0 aromatic carbocycles. The molecule has 1 heterocycles. The molecule has 0 spiro atoms. The summed E-state index contributed by atoms with van der Waals surface area (Å²) in [7, 11) is -3.52. The van der Waals surface area contributed by atoms with Crippen molar-refractivity contribution in [2.45, 2.75) is 19.1 Å². The zero-order chi connectivity index (χ0) is 11.7. The first-order valence-electron chi connectivity index (χ1n) is 4.55. The maximum Gasteiger partial charge on any atom is 0.405 e. The second-order valence-corrected chi connectivity index (χ2v) is 5.56. The number of hydrogen-bond acceptors (Lipinski definition) is 3. The topological polar surface area (TPSA) is 49.4 Å². The molecule has 0 amide bonds. The first kappa shape index (κ1) is 12.7. The van der Waals surface area contributed by atoms with Gasteiger partial charge in [-0.15, -0.1) is 0 Å². The van der Waals surface area contributed by atoms with Gasteiger partial charge >= 0.3 is 6.18 Å². The number of nitrogens with one attached hydrogen (secondary N) is 1. The molecular weight excluding hydrogens is 233 g/mol. The number of nitrogens with zero attached hydrogens (tertiary/aromatic N) is 1. The molecular formula is C7H13F3N2O2S. The lowest BCUT2D eigenvalue weighted by molar-refractivity contribution is -0.160. The van der Waals surface area contributed by atoms with Gasteiger partial charge in [0.15, 0.2) is 0 Å². The van der Waals surface area contributed by atoms with Crippen LogP contribution in [0.25, 0.3) is 0 Å². The van der Waals surface area contributed by atoms with Gasteiger partial charge in [-0.25, -0.2) is 8.42 Å². The molecule has 0 aromatic heterocycles. The predicted octanol–water partition coefficient (Wildman–Crippen LogP) is 0.172. The third-order valence-corrected chi connectivity index (χ3v) is 4.14. The largest absolute Gasteiger partial charge is 0.405 e. The lowest BCUT2D eigenvalue weighted by Crippen LogP contribution is -2.58. The van der Waals surface area contributed by atoms with Crippen LogP contribution in [0.5, 0.6) is 0 Å². The van der Waals surface area contributed by atoms with E-state index < -0.39 is 28.8 Å². The molecule has 0 aliphatic carbocycles. The Kier molecular flexibility index (Phi) is 3.62. The van der Waals surface area contributed by atoms with Gasteiger partial charge in [0.1, 0.15) is 6.04 Å². The molecule has 1 atom stereocenters. The van der Waals surface area contributed by atoms with E-state index in [0.29, 0.717) is 0 Å². The highest BCUT2D eigenvalue weighted by molar-refractivity contribution is 7.89. The average Bonchev–Trinajstić information content (AvgIpc) is 2.17. The van der Waals surface area contributed by atoms with Crippen molar-refractivity contribution in [2.24, 2.45) is 0 Å². The maximum atomic E-state index is 12.3. The van der Waals surface area contributed by atoms with Crippen LogP contribution in [0.15, 0.2) is 0 Å². The quantitative estimate of drug-likeness (QED) is 0.755. The Morgan fingerprint density at radius 3 is 2.53 bits per heavy atom. The standard InChI is InChI=1S/C7H13F3N2O2S/c1-2-15(13,14)12-4-3-11-6(5-12)7(8,9)10/h6,11H,2-5H2,1H3/t6-/m1/s1. The molecule has 90 valence electrons. The lowest BCUT2D eigenvalue weighted by atomic mass is 10.2. The molecule has 0 radical (unpaired) electrons. The minimum atomic E-state index is -4.40. The fourth-order valence-electron chi connectivity index (χ4n) is 1.38. The van der Waals surface area contributed by atoms with Gasteiger partial charge < -0.3 is 5.32 Å². The molecule has 1 rings (SSSR count). The lowest BCUT2D eigenvalue weighted by Gasteiger charge is -2.33. The normalized spacial score (nSPS) is 25.5. The Hall–Kier alpha value is -0.340. The number of piperazine rings is 1. The summed E-state index contributed by atoms with van der Waals surface area (Å²) in [5.41, 5.74) is 0. The summed E-state index contributed by atoms with van der Waals surface area (Å²) in [6, 6.07) is -1.76. The molecule has 1 saturated heterocycles. The summed E-state index contributed by atoms with van der Waals surface area (Å²) in [5, 5.41) is 2.25. The van der Waals surface area contributed by atoms with Crippen molar-refractivity contribution in [3.05, 3.63) is 0 Å². The number of halogens is 3. The molecule has 1 aliphatic rings. The Morgan fingerprint density at radius 2 is 2.07 bits per heavy atom. The second kappa shape index (κ2) is 4.26. The summed E-state index contributed by atoms with van der Waals surface area (Å²) in [4.78, 5) is 0. The van der Waals surface area contributed by atoms with Crippen molar-refractivity contribution in [1.82, 2.24) is 9.62 Å². The minimum absolute atomic E-state index is 0.0312. The highest BCUT2D eigenvalue weighted by Gasteiger charge is 2.43. The molecule has 1 aliphatic heterocycles. The van der Waals surface area contributed by atoms with E-state index in [1.165, 1.54) is 6.92 Å². The highest BCUT2D eigenvalue weighted by Crippen LogP contribution is 2.23. The first-order valence-corrected chi connectivity index (χ1v) is 6.16. The Labute approximate surface area is 86.5 Å². The van der Waals surface area contributed by atoms with Crippen molar-refractivity contribution in [3.8, 4) is 0 Å². The molecule has 0 unspecified atom stereocenters. The van der Waals surface area contributed by atoms with Gasteiger partial charge in [0, 0.05) is 19.6 Å². The fourth-order valence-corrected chi connectivity index (χ4v) is 2.49. The molecule has 4 nitrogen and oxygen atoms in total. The fraction of sp³-hybridized carbons (Fsp3) is 1.00. The van der Waals surface area contributed by atoms with E-state index in [-0.39, 0.29) is 18.8 Å². The third kappa shape index (κ3) is 3.05. The van der Waals surface area contributed by atoms with E-state index in [4.69, 9.17) is 0 Å². The van der Waals surface area contributed by atoms with Crippen LogP contribution in [-0.4, -0.2) is 50.3 Å². The Bertz CT molecular complexity index is 315. The smallest absolute Gasteiger partial charge is 0.304 e. The summed E-state index contributed by atoms with van der Waals surface area (Å²) in [5.74, 6) is -0.169. The summed E-state index contributed by atoms with van der Waals surface area (Å²) < 4.78 is 60.6. The van der Waals surface area contributed by atoms with E-state index in [0.717, 1.165) is 4.31 Å². The summed E-state index contributed by atoms with van der Waals surface area (Å²) in [6.45, 7) is 1.02. The van der Waals surface area contributed by atoms with E-state index in [9.17, 15) is 21.6 Å². The van der Waals surface area contributed by atoms with E-state index in [1.807, 2.05) is 0 Å². The molecule has 0 bridgehead atoms. The van der Waals surface area contributed by atoms with Gasteiger partial charge in [-0.05, 0) is 6.92 Å². The van der Waals surface area contributed by atoms with Crippen molar-refractivity contribution in [3.63, 3.8) is 0 Å². The van der Waals surface area contributed by atoms with Gasteiger partial charge in [-0.3, -0.25) is 0 Å². The molecule has 1 N–H and O–H groups in total. The van der Waals surface area contributed by atoms with E-state index >= 15 is 0 Å². The first-order chi connectivity index (χ1) is 6.77. The van der Waals surface area contributed by atoms with Gasteiger partial charge in [0.25, 0.3) is 0 Å². The molecule has 0 aromatic rings. The summed E-state index contributed by atoms with van der Waals surface area (Å²) in [6.07, 6.45) is -4.40. The highest BCUT2D eigenvalue weighted by atomic mass is 32.2. The predicted molar refractivity (Wildman–Crippen MR) is 48.9 cm³/mol.